The topological polar surface area (TPSA) is 95.9 Å². The average Bonchev–Trinajstić information content (AvgIpc) is 3.44. The molecule has 3 N–H and O–H groups in total. The summed E-state index contributed by atoms with van der Waals surface area (Å²) in [5.41, 5.74) is 0. The van der Waals surface area contributed by atoms with Gasteiger partial charge in [-0.05, 0) is 57.8 Å². The zero-order valence-corrected chi connectivity index (χ0v) is 52.9. The van der Waals surface area contributed by atoms with Crippen LogP contribution < -0.4 is 5.32 Å². The van der Waals surface area contributed by atoms with Gasteiger partial charge in [-0.2, -0.15) is 0 Å². The van der Waals surface area contributed by atoms with E-state index < -0.39 is 12.1 Å². The van der Waals surface area contributed by atoms with E-state index in [2.05, 4.69) is 31.3 Å². The van der Waals surface area contributed by atoms with Gasteiger partial charge in [0.1, 0.15) is 0 Å². The molecule has 0 heterocycles. The van der Waals surface area contributed by atoms with E-state index in [1.165, 1.54) is 334 Å². The van der Waals surface area contributed by atoms with Gasteiger partial charge in [-0.1, -0.05) is 353 Å². The average molecular weight is 1100 g/mol. The summed E-state index contributed by atoms with van der Waals surface area (Å²) >= 11 is 0. The summed E-state index contributed by atoms with van der Waals surface area (Å²) in [6.07, 6.45) is 85.4. The highest BCUT2D eigenvalue weighted by atomic mass is 16.5. The minimum atomic E-state index is -0.848. The van der Waals surface area contributed by atoms with Crippen molar-refractivity contribution in [3.63, 3.8) is 0 Å². The molecule has 6 nitrogen and oxygen atoms in total. The van der Waals surface area contributed by atoms with Gasteiger partial charge in [-0.25, -0.2) is 0 Å². The molecular formula is C72H139NO5. The van der Waals surface area contributed by atoms with Crippen molar-refractivity contribution in [3.8, 4) is 0 Å². The maximum atomic E-state index is 12.5. The summed E-state index contributed by atoms with van der Waals surface area (Å²) in [6.45, 7) is 4.95. The highest BCUT2D eigenvalue weighted by Gasteiger charge is 2.18. The van der Waals surface area contributed by atoms with Crippen molar-refractivity contribution in [2.75, 3.05) is 13.2 Å². The number of aliphatic hydroxyl groups is 2. The molecule has 1 amide bonds. The van der Waals surface area contributed by atoms with E-state index in [0.717, 1.165) is 38.5 Å². The van der Waals surface area contributed by atoms with E-state index in [0.29, 0.717) is 19.4 Å². The van der Waals surface area contributed by atoms with E-state index in [4.69, 9.17) is 4.74 Å². The molecular weight excluding hydrogens is 959 g/mol. The first-order valence-corrected chi connectivity index (χ1v) is 35.6. The van der Waals surface area contributed by atoms with Crippen molar-refractivity contribution in [1.82, 2.24) is 5.32 Å². The second kappa shape index (κ2) is 67.8. The van der Waals surface area contributed by atoms with Crippen molar-refractivity contribution in [2.24, 2.45) is 0 Å². The van der Waals surface area contributed by atoms with Gasteiger partial charge in [-0.15, -0.1) is 0 Å². The fourth-order valence-electron chi connectivity index (χ4n) is 11.3. The normalized spacial score (nSPS) is 12.6. The summed E-state index contributed by atoms with van der Waals surface area (Å²) in [4.78, 5) is 24.6. The summed E-state index contributed by atoms with van der Waals surface area (Å²) in [5.74, 6) is -0.0516. The van der Waals surface area contributed by atoms with Crippen LogP contribution >= 0.6 is 0 Å². The van der Waals surface area contributed by atoms with Crippen LogP contribution in [0.5, 0.6) is 0 Å². The number of rotatable bonds is 67. The highest BCUT2D eigenvalue weighted by Crippen LogP contribution is 2.19. The Morgan fingerprint density at radius 1 is 0.346 bits per heavy atom. The third kappa shape index (κ3) is 63.5. The Hall–Kier alpha value is -1.66. The van der Waals surface area contributed by atoms with Crippen LogP contribution in [0.15, 0.2) is 24.3 Å². The van der Waals surface area contributed by atoms with Crippen molar-refractivity contribution in [1.29, 1.82) is 0 Å². The number of nitrogens with one attached hydrogen (secondary N) is 1. The molecule has 0 rings (SSSR count). The predicted molar refractivity (Wildman–Crippen MR) is 343 cm³/mol. The number of carbonyl (C=O) groups excluding carboxylic acids is 2. The van der Waals surface area contributed by atoms with Crippen LogP contribution in [0.25, 0.3) is 0 Å². The number of unbranched alkanes of at least 4 members (excludes halogenated alkanes) is 54. The van der Waals surface area contributed by atoms with Crippen LogP contribution in [0.4, 0.5) is 0 Å². The largest absolute Gasteiger partial charge is 0.466 e. The maximum Gasteiger partial charge on any atom is 0.305 e. The Bertz CT molecular complexity index is 1220. The molecule has 0 fully saturated rings. The predicted octanol–water partition coefficient (Wildman–Crippen LogP) is 22.9. The summed E-state index contributed by atoms with van der Waals surface area (Å²) in [6, 6.07) is -0.632. The lowest BCUT2D eigenvalue weighted by molar-refractivity contribution is -0.143. The molecule has 0 aliphatic heterocycles. The van der Waals surface area contributed by atoms with Crippen molar-refractivity contribution in [2.45, 2.75) is 411 Å². The van der Waals surface area contributed by atoms with Gasteiger partial charge < -0.3 is 20.3 Å². The minimum Gasteiger partial charge on any atom is -0.466 e. The quantitative estimate of drug-likeness (QED) is 0.0320. The van der Waals surface area contributed by atoms with Crippen LogP contribution in [-0.4, -0.2) is 47.4 Å². The molecule has 0 saturated heterocycles. The molecule has 0 aromatic rings. The van der Waals surface area contributed by atoms with E-state index in [9.17, 15) is 19.8 Å². The monoisotopic (exact) mass is 1100 g/mol. The molecule has 0 aliphatic carbocycles. The van der Waals surface area contributed by atoms with Crippen LogP contribution in [0.1, 0.15) is 399 Å². The van der Waals surface area contributed by atoms with Crippen LogP contribution in [0.2, 0.25) is 0 Å². The molecule has 0 saturated carbocycles. The summed E-state index contributed by atoms with van der Waals surface area (Å²) in [5, 5.41) is 23.2. The summed E-state index contributed by atoms with van der Waals surface area (Å²) in [7, 11) is 0. The molecule has 0 aromatic carbocycles. The molecule has 0 aromatic heterocycles. The van der Waals surface area contributed by atoms with Gasteiger partial charge in [0.2, 0.25) is 5.91 Å². The zero-order valence-electron chi connectivity index (χ0n) is 52.9. The first kappa shape index (κ1) is 76.3. The SMILES string of the molecule is CCCCCCCCCCCCCCCCCCC/C=C/C(O)C(CO)NC(=O)CCCCCCCCCC/C=C\CCCCCCCCCCCCCCOC(=O)CCCCCCCCCCCCCCCCCCCC. The molecule has 0 aliphatic rings. The zero-order chi connectivity index (χ0) is 56.4. The molecule has 0 radical (unpaired) electrons. The first-order chi connectivity index (χ1) is 38.5. The van der Waals surface area contributed by atoms with Crippen LogP contribution in [0.3, 0.4) is 0 Å². The molecule has 78 heavy (non-hydrogen) atoms. The second-order valence-electron chi connectivity index (χ2n) is 24.6. The van der Waals surface area contributed by atoms with E-state index in [-0.39, 0.29) is 18.5 Å². The van der Waals surface area contributed by atoms with Crippen molar-refractivity contribution >= 4 is 11.9 Å². The van der Waals surface area contributed by atoms with Crippen LogP contribution in [-0.2, 0) is 14.3 Å². The Balaban J connectivity index is 3.40. The third-order valence-corrected chi connectivity index (χ3v) is 16.7. The van der Waals surface area contributed by atoms with E-state index in [1.807, 2.05) is 6.08 Å². The smallest absolute Gasteiger partial charge is 0.305 e. The molecule has 6 heteroatoms. The van der Waals surface area contributed by atoms with Gasteiger partial charge in [0.25, 0.3) is 0 Å². The highest BCUT2D eigenvalue weighted by molar-refractivity contribution is 5.76. The molecule has 2 atom stereocenters. The molecule has 0 spiro atoms. The number of allylic oxidation sites excluding steroid dienone is 3. The number of hydrogen-bond acceptors (Lipinski definition) is 5. The van der Waals surface area contributed by atoms with E-state index in [1.54, 1.807) is 6.08 Å². The van der Waals surface area contributed by atoms with Gasteiger partial charge in [0.15, 0.2) is 0 Å². The fourth-order valence-corrected chi connectivity index (χ4v) is 11.3. The molecule has 462 valence electrons. The fraction of sp³-hybridized carbons (Fsp3) is 0.917. The van der Waals surface area contributed by atoms with E-state index >= 15 is 0 Å². The maximum absolute atomic E-state index is 12.5. The Morgan fingerprint density at radius 2 is 0.603 bits per heavy atom. The number of esters is 1. The third-order valence-electron chi connectivity index (χ3n) is 16.7. The Kier molecular flexibility index (Phi) is 66.4. The summed E-state index contributed by atoms with van der Waals surface area (Å²) < 4.78 is 5.51. The van der Waals surface area contributed by atoms with Crippen molar-refractivity contribution in [3.05, 3.63) is 24.3 Å². The lowest BCUT2D eigenvalue weighted by Crippen LogP contribution is -2.45. The number of amides is 1. The number of aliphatic hydroxyl groups excluding tert-OH is 2. The van der Waals surface area contributed by atoms with Gasteiger partial charge in [0, 0.05) is 12.8 Å². The number of ether oxygens (including phenoxy) is 1. The molecule has 0 bridgehead atoms. The van der Waals surface area contributed by atoms with Crippen LogP contribution in [0, 0.1) is 0 Å². The Labute approximate surface area is 488 Å². The Morgan fingerprint density at radius 3 is 0.910 bits per heavy atom. The van der Waals surface area contributed by atoms with Gasteiger partial charge in [0.05, 0.1) is 25.4 Å². The second-order valence-corrected chi connectivity index (χ2v) is 24.6. The van der Waals surface area contributed by atoms with Gasteiger partial charge in [-0.3, -0.25) is 9.59 Å². The van der Waals surface area contributed by atoms with Gasteiger partial charge >= 0.3 is 5.97 Å². The number of hydrogen-bond donors (Lipinski definition) is 3. The minimum absolute atomic E-state index is 0.0173. The first-order valence-electron chi connectivity index (χ1n) is 35.6. The number of carbonyl (C=O) groups is 2. The molecule has 2 unspecified atom stereocenters. The lowest BCUT2D eigenvalue weighted by Gasteiger charge is -2.20. The van der Waals surface area contributed by atoms with Crippen molar-refractivity contribution < 1.29 is 24.5 Å². The lowest BCUT2D eigenvalue weighted by atomic mass is 10.0. The standard InChI is InChI=1S/C72H139NO5/c1-3-5-7-9-11-13-15-17-19-21-29-32-36-40-44-48-52-56-60-64-70(75)69(68-74)73-71(76)65-61-57-53-49-45-41-37-33-30-27-25-23-24-26-28-31-35-39-43-47-51-55-59-63-67-78-72(77)66-62-58-54-50-46-42-38-34-22-20-18-16-14-12-10-8-6-4-2/h25,27,60,64,69-70,74-75H,3-24,26,28-59,61-63,65-68H2,1-2H3,(H,73,76)/b27-25-,64-60+.